The summed E-state index contributed by atoms with van der Waals surface area (Å²) in [5.41, 5.74) is 3.13. The first-order valence-corrected chi connectivity index (χ1v) is 10.3. The lowest BCUT2D eigenvalue weighted by atomic mass is 10.1. The number of carbonyl (C=O) groups excluding carboxylic acids is 1. The molecule has 0 spiro atoms. The molecule has 0 fully saturated rings. The van der Waals surface area contributed by atoms with Gasteiger partial charge in [-0.2, -0.15) is 4.99 Å². The van der Waals surface area contributed by atoms with Crippen LogP contribution in [0.25, 0.3) is 10.2 Å². The molecule has 0 aliphatic rings. The van der Waals surface area contributed by atoms with E-state index in [4.69, 9.17) is 0 Å². The maximum absolute atomic E-state index is 12.9. The molecule has 0 bridgehead atoms. The Balaban J connectivity index is 1.96. The van der Waals surface area contributed by atoms with Gasteiger partial charge in [0.05, 0.1) is 15.1 Å². The number of hydrogen-bond donors (Lipinski definition) is 0. The highest BCUT2D eigenvalue weighted by Gasteiger charge is 2.19. The molecule has 0 aliphatic heterocycles. The van der Waals surface area contributed by atoms with Gasteiger partial charge in [-0.05, 0) is 55.3 Å². The van der Waals surface area contributed by atoms with Crippen molar-refractivity contribution in [2.24, 2.45) is 12.0 Å². The highest BCUT2D eigenvalue weighted by Crippen LogP contribution is 2.22. The summed E-state index contributed by atoms with van der Waals surface area (Å²) in [4.78, 5) is 16.5. The van der Waals surface area contributed by atoms with Crippen molar-refractivity contribution in [3.05, 3.63) is 58.1 Å². The van der Waals surface area contributed by atoms with Gasteiger partial charge in [-0.25, -0.2) is 12.8 Å². The zero-order chi connectivity index (χ0) is 19.1. The van der Waals surface area contributed by atoms with Crippen LogP contribution in [0.5, 0.6) is 0 Å². The number of carbonyl (C=O) groups is 1. The van der Waals surface area contributed by atoms with Gasteiger partial charge >= 0.3 is 0 Å². The molecule has 5 nitrogen and oxygen atoms in total. The Kier molecular flexibility index (Phi) is 4.81. The number of aromatic nitrogens is 1. The molecule has 8 heteroatoms. The second-order valence-electron chi connectivity index (χ2n) is 6.09. The molecule has 3 rings (SSSR count). The fourth-order valence-electron chi connectivity index (χ4n) is 2.82. The van der Waals surface area contributed by atoms with Crippen LogP contribution >= 0.6 is 11.3 Å². The van der Waals surface area contributed by atoms with E-state index in [-0.39, 0.29) is 4.90 Å². The van der Waals surface area contributed by atoms with E-state index < -0.39 is 27.3 Å². The number of halogens is 1. The smallest absolute Gasteiger partial charge is 0.263 e. The van der Waals surface area contributed by atoms with Crippen molar-refractivity contribution in [1.82, 2.24) is 4.57 Å². The number of hydrogen-bond acceptors (Lipinski definition) is 4. The van der Waals surface area contributed by atoms with E-state index >= 15 is 0 Å². The Hall–Kier alpha value is -2.32. The molecule has 0 atom stereocenters. The SMILES string of the molecule is Cc1cc(C)c2c(c1)sc(=NC(=O)CS(=O)(=O)c1ccc(F)cc1)n2C. The Morgan fingerprint density at radius 2 is 1.85 bits per heavy atom. The van der Waals surface area contributed by atoms with E-state index in [9.17, 15) is 17.6 Å². The second-order valence-corrected chi connectivity index (χ2v) is 9.09. The normalized spacial score (nSPS) is 12.7. The minimum absolute atomic E-state index is 0.102. The van der Waals surface area contributed by atoms with Crippen LogP contribution in [0.2, 0.25) is 0 Å². The third kappa shape index (κ3) is 3.61. The maximum atomic E-state index is 12.9. The largest absolute Gasteiger partial charge is 0.319 e. The predicted molar refractivity (Wildman–Crippen MR) is 99.3 cm³/mol. The predicted octanol–water partition coefficient (Wildman–Crippen LogP) is 2.90. The average Bonchev–Trinajstić information content (AvgIpc) is 2.82. The van der Waals surface area contributed by atoms with E-state index in [1.165, 1.54) is 11.3 Å². The first-order chi connectivity index (χ1) is 12.2. The summed E-state index contributed by atoms with van der Waals surface area (Å²) in [5, 5.41) is 0. The van der Waals surface area contributed by atoms with E-state index in [2.05, 4.69) is 4.99 Å². The molecule has 1 heterocycles. The van der Waals surface area contributed by atoms with Crippen LogP contribution in [0, 0.1) is 19.7 Å². The molecule has 0 unspecified atom stereocenters. The van der Waals surface area contributed by atoms with E-state index in [1.54, 1.807) is 11.6 Å². The van der Waals surface area contributed by atoms with Gasteiger partial charge in [0.25, 0.3) is 5.91 Å². The molecule has 0 radical (unpaired) electrons. The van der Waals surface area contributed by atoms with Gasteiger partial charge in [0, 0.05) is 7.05 Å². The van der Waals surface area contributed by atoms with Crippen molar-refractivity contribution in [3.8, 4) is 0 Å². The average molecular weight is 392 g/mol. The molecule has 0 saturated carbocycles. The highest BCUT2D eigenvalue weighted by molar-refractivity contribution is 7.92. The van der Waals surface area contributed by atoms with E-state index in [1.807, 2.05) is 26.0 Å². The number of aryl methyl sites for hydroxylation is 3. The van der Waals surface area contributed by atoms with Gasteiger partial charge < -0.3 is 4.57 Å². The monoisotopic (exact) mass is 392 g/mol. The first-order valence-electron chi connectivity index (χ1n) is 7.80. The summed E-state index contributed by atoms with van der Waals surface area (Å²) in [6, 6.07) is 8.43. The standard InChI is InChI=1S/C18H17FN2O3S2/c1-11-8-12(2)17-15(9-11)25-18(21(17)3)20-16(22)10-26(23,24)14-6-4-13(19)5-7-14/h4-9H,10H2,1-3H3. The van der Waals surface area contributed by atoms with Gasteiger partial charge in [0.2, 0.25) is 0 Å². The molecule has 0 saturated heterocycles. The molecular formula is C18H17FN2O3S2. The molecule has 3 aromatic rings. The van der Waals surface area contributed by atoms with Gasteiger partial charge in [-0.3, -0.25) is 4.79 Å². The van der Waals surface area contributed by atoms with Crippen LogP contribution in [0.1, 0.15) is 11.1 Å². The molecule has 1 amide bonds. The lowest BCUT2D eigenvalue weighted by molar-refractivity contribution is -0.115. The second kappa shape index (κ2) is 6.77. The quantitative estimate of drug-likeness (QED) is 0.644. The maximum Gasteiger partial charge on any atom is 0.263 e. The Morgan fingerprint density at radius 3 is 2.50 bits per heavy atom. The number of rotatable bonds is 3. The van der Waals surface area contributed by atoms with E-state index in [0.717, 1.165) is 45.6 Å². The number of sulfone groups is 1. The van der Waals surface area contributed by atoms with Gasteiger partial charge in [-0.1, -0.05) is 17.4 Å². The number of thiazole rings is 1. The molecule has 26 heavy (non-hydrogen) atoms. The number of nitrogens with zero attached hydrogens (tertiary/aromatic N) is 2. The Labute approximate surface area is 154 Å². The van der Waals surface area contributed by atoms with Crippen LogP contribution in [0.4, 0.5) is 4.39 Å². The molecule has 0 aliphatic carbocycles. The van der Waals surface area contributed by atoms with Crippen molar-refractivity contribution < 1.29 is 17.6 Å². The molecule has 136 valence electrons. The summed E-state index contributed by atoms with van der Waals surface area (Å²) < 4.78 is 40.3. The highest BCUT2D eigenvalue weighted by atomic mass is 32.2. The summed E-state index contributed by atoms with van der Waals surface area (Å²) in [7, 11) is -2.08. The topological polar surface area (TPSA) is 68.5 Å². The third-order valence-corrected chi connectivity index (χ3v) is 6.64. The van der Waals surface area contributed by atoms with Crippen molar-refractivity contribution >= 4 is 37.3 Å². The van der Waals surface area contributed by atoms with E-state index in [0.29, 0.717) is 4.80 Å². The number of fused-ring (bicyclic) bond motifs is 1. The van der Waals surface area contributed by atoms with Gasteiger partial charge in [0.1, 0.15) is 11.6 Å². The van der Waals surface area contributed by atoms with Gasteiger partial charge in [0.15, 0.2) is 14.6 Å². The fraction of sp³-hybridized carbons (Fsp3) is 0.222. The first kappa shape index (κ1) is 18.5. The lowest BCUT2D eigenvalue weighted by Gasteiger charge is -2.02. The molecule has 2 aromatic carbocycles. The minimum atomic E-state index is -3.87. The minimum Gasteiger partial charge on any atom is -0.319 e. The zero-order valence-electron chi connectivity index (χ0n) is 14.5. The summed E-state index contributed by atoms with van der Waals surface area (Å²) >= 11 is 1.34. The summed E-state index contributed by atoms with van der Waals surface area (Å²) in [6.45, 7) is 3.97. The van der Waals surface area contributed by atoms with Crippen LogP contribution in [-0.4, -0.2) is 24.6 Å². The van der Waals surface area contributed by atoms with Crippen molar-refractivity contribution in [2.75, 3.05) is 5.75 Å². The molecule has 0 N–H and O–H groups in total. The fourth-order valence-corrected chi connectivity index (χ4v) is 5.13. The van der Waals surface area contributed by atoms with Crippen LogP contribution in [0.3, 0.4) is 0 Å². The van der Waals surface area contributed by atoms with Crippen LogP contribution < -0.4 is 4.80 Å². The molecular weight excluding hydrogens is 375 g/mol. The van der Waals surface area contributed by atoms with Crippen molar-refractivity contribution in [2.45, 2.75) is 18.7 Å². The van der Waals surface area contributed by atoms with Crippen molar-refractivity contribution in [3.63, 3.8) is 0 Å². The lowest BCUT2D eigenvalue weighted by Crippen LogP contribution is -2.19. The Morgan fingerprint density at radius 1 is 1.19 bits per heavy atom. The summed E-state index contributed by atoms with van der Waals surface area (Å²) in [6.07, 6.45) is 0. The van der Waals surface area contributed by atoms with Crippen LogP contribution in [-0.2, 0) is 21.7 Å². The third-order valence-electron chi connectivity index (χ3n) is 3.94. The molecule has 1 aromatic heterocycles. The van der Waals surface area contributed by atoms with Crippen LogP contribution in [0.15, 0.2) is 46.3 Å². The summed E-state index contributed by atoms with van der Waals surface area (Å²) in [5.74, 6) is -2.06. The number of benzene rings is 2. The van der Waals surface area contributed by atoms with Gasteiger partial charge in [-0.15, -0.1) is 0 Å². The van der Waals surface area contributed by atoms with Crippen molar-refractivity contribution in [1.29, 1.82) is 0 Å². The zero-order valence-corrected chi connectivity index (χ0v) is 16.1. The Bertz CT molecular complexity index is 1170. The number of amides is 1.